The summed E-state index contributed by atoms with van der Waals surface area (Å²) in [4.78, 5) is 11.9. The average Bonchev–Trinajstić information content (AvgIpc) is 2.58. The lowest BCUT2D eigenvalue weighted by molar-refractivity contribution is 0.0923. The van der Waals surface area contributed by atoms with Crippen LogP contribution in [0.1, 0.15) is 41.9 Å². The molecule has 0 saturated carbocycles. The van der Waals surface area contributed by atoms with Crippen molar-refractivity contribution in [2.45, 2.75) is 31.7 Å². The van der Waals surface area contributed by atoms with Crippen LogP contribution in [0, 0.1) is 0 Å². The van der Waals surface area contributed by atoms with E-state index in [4.69, 9.17) is 4.74 Å². The van der Waals surface area contributed by atoms with Crippen LogP contribution >= 0.6 is 0 Å². The molecule has 2 rings (SSSR count). The molecule has 1 amide bonds. The molecule has 2 heterocycles. The summed E-state index contributed by atoms with van der Waals surface area (Å²) >= 11 is 0. The Morgan fingerprint density at radius 3 is 3.00 bits per heavy atom. The normalized spacial score (nSPS) is 20.3. The first-order chi connectivity index (χ1) is 9.08. The number of ether oxygens (including phenoxy) is 1. The average molecular weight is 273 g/mol. The van der Waals surface area contributed by atoms with Crippen molar-refractivity contribution in [1.29, 1.82) is 0 Å². The van der Waals surface area contributed by atoms with Gasteiger partial charge in [0.15, 0.2) is 5.69 Å². The molecule has 0 aliphatic carbocycles. The van der Waals surface area contributed by atoms with E-state index in [1.165, 1.54) is 7.05 Å². The predicted octanol–water partition coefficient (Wildman–Crippen LogP) is 1.66. The molecular formula is C12H17F2N3O2. The minimum Gasteiger partial charge on any atom is -0.381 e. The smallest absolute Gasteiger partial charge is 0.280 e. The van der Waals surface area contributed by atoms with Gasteiger partial charge in [-0.25, -0.2) is 8.78 Å². The van der Waals surface area contributed by atoms with Crippen molar-refractivity contribution in [2.24, 2.45) is 7.05 Å². The highest BCUT2D eigenvalue weighted by Crippen LogP contribution is 2.19. The van der Waals surface area contributed by atoms with Gasteiger partial charge >= 0.3 is 0 Å². The summed E-state index contributed by atoms with van der Waals surface area (Å²) in [7, 11) is 1.40. The summed E-state index contributed by atoms with van der Waals surface area (Å²) in [6, 6.07) is 1.15. The van der Waals surface area contributed by atoms with Crippen molar-refractivity contribution in [2.75, 3.05) is 13.2 Å². The van der Waals surface area contributed by atoms with Gasteiger partial charge in [-0.1, -0.05) is 0 Å². The second-order valence-corrected chi connectivity index (χ2v) is 4.59. The molecule has 1 fully saturated rings. The Bertz CT molecular complexity index is 440. The molecule has 0 radical (unpaired) electrons. The summed E-state index contributed by atoms with van der Waals surface area (Å²) in [5.74, 6) is -0.408. The highest BCUT2D eigenvalue weighted by atomic mass is 19.3. The van der Waals surface area contributed by atoms with Gasteiger partial charge in [-0.15, -0.1) is 0 Å². The number of hydrogen-bond acceptors (Lipinski definition) is 3. The van der Waals surface area contributed by atoms with Gasteiger partial charge in [-0.3, -0.25) is 9.48 Å². The summed E-state index contributed by atoms with van der Waals surface area (Å²) in [6.07, 6.45) is -0.180. The SMILES string of the molecule is Cn1nc(C(=O)NC2CCCOCC2)cc1C(F)F. The third kappa shape index (κ3) is 3.50. The van der Waals surface area contributed by atoms with E-state index in [0.29, 0.717) is 13.2 Å². The molecule has 7 heteroatoms. The molecule has 1 aromatic rings. The molecule has 19 heavy (non-hydrogen) atoms. The maximum atomic E-state index is 12.6. The van der Waals surface area contributed by atoms with Gasteiger partial charge in [0.25, 0.3) is 12.3 Å². The van der Waals surface area contributed by atoms with Crippen LogP contribution in [0.15, 0.2) is 6.07 Å². The van der Waals surface area contributed by atoms with Crippen molar-refractivity contribution in [3.63, 3.8) is 0 Å². The number of aryl methyl sites for hydroxylation is 1. The molecule has 106 valence electrons. The molecular weight excluding hydrogens is 256 g/mol. The van der Waals surface area contributed by atoms with Crippen molar-refractivity contribution in [3.05, 3.63) is 17.5 Å². The fraction of sp³-hybridized carbons (Fsp3) is 0.667. The molecule has 1 saturated heterocycles. The van der Waals surface area contributed by atoms with Crippen LogP contribution in [0.5, 0.6) is 0 Å². The maximum absolute atomic E-state index is 12.6. The summed E-state index contributed by atoms with van der Waals surface area (Å²) in [6.45, 7) is 1.31. The monoisotopic (exact) mass is 273 g/mol. The highest BCUT2D eigenvalue weighted by Gasteiger charge is 2.21. The molecule has 1 aliphatic heterocycles. The molecule has 1 N–H and O–H groups in total. The number of hydrogen-bond donors (Lipinski definition) is 1. The largest absolute Gasteiger partial charge is 0.381 e. The summed E-state index contributed by atoms with van der Waals surface area (Å²) < 4.78 is 31.5. The Kier molecular flexibility index (Phi) is 4.47. The van der Waals surface area contributed by atoms with E-state index in [1.807, 2.05) is 0 Å². The van der Waals surface area contributed by atoms with Crippen molar-refractivity contribution >= 4 is 5.91 Å². The number of nitrogens with one attached hydrogen (secondary N) is 1. The van der Waals surface area contributed by atoms with Crippen LogP contribution in [0.25, 0.3) is 0 Å². The Hall–Kier alpha value is -1.50. The van der Waals surface area contributed by atoms with Gasteiger partial charge < -0.3 is 10.1 Å². The minimum atomic E-state index is -2.63. The lowest BCUT2D eigenvalue weighted by atomic mass is 10.1. The molecule has 1 aromatic heterocycles. The number of carbonyl (C=O) groups excluding carboxylic acids is 1. The zero-order chi connectivity index (χ0) is 13.8. The van der Waals surface area contributed by atoms with Crippen molar-refractivity contribution in [3.8, 4) is 0 Å². The fourth-order valence-electron chi connectivity index (χ4n) is 2.10. The topological polar surface area (TPSA) is 56.2 Å². The van der Waals surface area contributed by atoms with Gasteiger partial charge in [0, 0.05) is 26.3 Å². The second-order valence-electron chi connectivity index (χ2n) is 4.59. The maximum Gasteiger partial charge on any atom is 0.280 e. The van der Waals surface area contributed by atoms with Crippen molar-refractivity contribution < 1.29 is 18.3 Å². The predicted molar refractivity (Wildman–Crippen MR) is 64.1 cm³/mol. The van der Waals surface area contributed by atoms with E-state index >= 15 is 0 Å². The number of carbonyl (C=O) groups is 1. The van der Waals surface area contributed by atoms with Crippen molar-refractivity contribution in [1.82, 2.24) is 15.1 Å². The van der Waals surface area contributed by atoms with Gasteiger partial charge in [0.05, 0.1) is 0 Å². The molecule has 0 bridgehead atoms. The summed E-state index contributed by atoms with van der Waals surface area (Å²) in [5.41, 5.74) is -0.225. The number of amides is 1. The summed E-state index contributed by atoms with van der Waals surface area (Å²) in [5, 5.41) is 6.63. The Labute approximate surface area is 109 Å². The van der Waals surface area contributed by atoms with Gasteiger partial charge in [0.2, 0.25) is 0 Å². The van der Waals surface area contributed by atoms with E-state index in [-0.39, 0.29) is 17.4 Å². The number of nitrogens with zero attached hydrogens (tertiary/aromatic N) is 2. The van der Waals surface area contributed by atoms with Gasteiger partial charge in [-0.05, 0) is 25.3 Å². The third-order valence-electron chi connectivity index (χ3n) is 3.16. The van der Waals surface area contributed by atoms with Crippen LogP contribution in [0.3, 0.4) is 0 Å². The quantitative estimate of drug-likeness (QED) is 0.911. The molecule has 0 aromatic carbocycles. The number of rotatable bonds is 3. The van der Waals surface area contributed by atoms with Crippen LogP contribution in [-0.4, -0.2) is 34.9 Å². The van der Waals surface area contributed by atoms with E-state index in [1.54, 1.807) is 0 Å². The van der Waals surface area contributed by atoms with E-state index < -0.39 is 12.3 Å². The van der Waals surface area contributed by atoms with Gasteiger partial charge in [-0.2, -0.15) is 5.10 Å². The molecule has 1 atom stereocenters. The zero-order valence-electron chi connectivity index (χ0n) is 10.7. The zero-order valence-corrected chi connectivity index (χ0v) is 10.7. The lowest BCUT2D eigenvalue weighted by Gasteiger charge is -2.14. The second kappa shape index (κ2) is 6.10. The first kappa shape index (κ1) is 13.9. The van der Waals surface area contributed by atoms with E-state index in [0.717, 1.165) is 30.0 Å². The number of alkyl halides is 2. The highest BCUT2D eigenvalue weighted by molar-refractivity contribution is 5.92. The van der Waals surface area contributed by atoms with Crippen LogP contribution in [0.2, 0.25) is 0 Å². The first-order valence-corrected chi connectivity index (χ1v) is 6.28. The molecule has 1 aliphatic rings. The Morgan fingerprint density at radius 1 is 1.53 bits per heavy atom. The van der Waals surface area contributed by atoms with Crippen LogP contribution < -0.4 is 5.32 Å². The standard InChI is InChI=1S/C12H17F2N3O2/c1-17-10(11(13)14)7-9(16-17)12(18)15-8-3-2-5-19-6-4-8/h7-8,11H,2-6H2,1H3,(H,15,18). The van der Waals surface area contributed by atoms with Gasteiger partial charge in [0.1, 0.15) is 5.69 Å². The minimum absolute atomic E-state index is 0.0204. The number of halogens is 2. The molecule has 5 nitrogen and oxygen atoms in total. The fourth-order valence-corrected chi connectivity index (χ4v) is 2.10. The van der Waals surface area contributed by atoms with E-state index in [2.05, 4.69) is 10.4 Å². The number of aromatic nitrogens is 2. The third-order valence-corrected chi connectivity index (χ3v) is 3.16. The first-order valence-electron chi connectivity index (χ1n) is 6.28. The van der Waals surface area contributed by atoms with Crippen LogP contribution in [0.4, 0.5) is 8.78 Å². The van der Waals surface area contributed by atoms with Crippen LogP contribution in [-0.2, 0) is 11.8 Å². The Morgan fingerprint density at radius 2 is 2.32 bits per heavy atom. The molecule has 0 spiro atoms. The Balaban J connectivity index is 2.01. The molecule has 1 unspecified atom stereocenters. The van der Waals surface area contributed by atoms with E-state index in [9.17, 15) is 13.6 Å². The lowest BCUT2D eigenvalue weighted by Crippen LogP contribution is -2.35.